The monoisotopic (exact) mass is 340 g/mol. The highest BCUT2D eigenvalue weighted by molar-refractivity contribution is 6.31. The molecule has 0 heterocycles. The zero-order valence-corrected chi connectivity index (χ0v) is 14.0. The second kappa shape index (κ2) is 7.37. The Balaban J connectivity index is 1.65. The third kappa shape index (κ3) is 3.52. The lowest BCUT2D eigenvalue weighted by molar-refractivity contribution is 0.112. The maximum absolute atomic E-state index is 11.4. The van der Waals surface area contributed by atoms with Gasteiger partial charge in [-0.15, -0.1) is 0 Å². The van der Waals surface area contributed by atoms with Gasteiger partial charge in [0.2, 0.25) is 0 Å². The minimum absolute atomic E-state index is 0.348. The van der Waals surface area contributed by atoms with E-state index in [4.69, 9.17) is 21.1 Å². The Morgan fingerprint density at radius 3 is 2.58 bits per heavy atom. The molecule has 24 heavy (non-hydrogen) atoms. The van der Waals surface area contributed by atoms with Crippen molar-refractivity contribution in [2.45, 2.75) is 6.92 Å². The van der Waals surface area contributed by atoms with Gasteiger partial charge in [0.1, 0.15) is 24.7 Å². The molecule has 3 aromatic rings. The van der Waals surface area contributed by atoms with Crippen molar-refractivity contribution in [2.24, 2.45) is 0 Å². The molecule has 0 aliphatic rings. The van der Waals surface area contributed by atoms with Crippen molar-refractivity contribution in [1.29, 1.82) is 0 Å². The number of carbonyl (C=O) groups is 1. The first-order valence-electron chi connectivity index (χ1n) is 7.68. The third-order valence-electron chi connectivity index (χ3n) is 3.79. The number of rotatable bonds is 6. The molecule has 4 heteroatoms. The van der Waals surface area contributed by atoms with Crippen molar-refractivity contribution >= 4 is 28.7 Å². The topological polar surface area (TPSA) is 35.5 Å². The van der Waals surface area contributed by atoms with Gasteiger partial charge in [0.15, 0.2) is 6.29 Å². The largest absolute Gasteiger partial charge is 0.490 e. The van der Waals surface area contributed by atoms with Crippen molar-refractivity contribution in [3.8, 4) is 11.5 Å². The van der Waals surface area contributed by atoms with Crippen molar-refractivity contribution in [3.63, 3.8) is 0 Å². The maximum atomic E-state index is 11.4. The molecule has 3 aromatic carbocycles. The number of carbonyl (C=O) groups excluding carboxylic acids is 1. The first kappa shape index (κ1) is 16.3. The molecule has 3 nitrogen and oxygen atoms in total. The molecule has 0 bridgehead atoms. The molecule has 0 aliphatic carbocycles. The van der Waals surface area contributed by atoms with Crippen LogP contribution in [0.2, 0.25) is 5.02 Å². The van der Waals surface area contributed by atoms with Gasteiger partial charge in [0.05, 0.1) is 5.56 Å². The number of ether oxygens (including phenoxy) is 2. The summed E-state index contributed by atoms with van der Waals surface area (Å²) in [5.41, 5.74) is 1.53. The Bertz CT molecular complexity index is 874. The summed E-state index contributed by atoms with van der Waals surface area (Å²) in [6.07, 6.45) is 0.834. The molecule has 0 N–H and O–H groups in total. The molecule has 0 aromatic heterocycles. The second-order valence-electron chi connectivity index (χ2n) is 5.42. The second-order valence-corrected chi connectivity index (χ2v) is 5.83. The van der Waals surface area contributed by atoms with E-state index in [9.17, 15) is 4.79 Å². The minimum Gasteiger partial charge on any atom is -0.490 e. The molecular formula is C20H17ClO3. The lowest BCUT2D eigenvalue weighted by Crippen LogP contribution is -2.10. The SMILES string of the molecule is Cc1cc(OCCOc2ccc3ccccc3c2C=O)ccc1Cl. The van der Waals surface area contributed by atoms with E-state index in [1.165, 1.54) is 0 Å². The molecule has 0 saturated carbocycles. The van der Waals surface area contributed by atoms with Gasteiger partial charge in [0, 0.05) is 5.02 Å². The Morgan fingerprint density at radius 2 is 1.79 bits per heavy atom. The van der Waals surface area contributed by atoms with Gasteiger partial charge >= 0.3 is 0 Å². The van der Waals surface area contributed by atoms with Crippen LogP contribution in [0.3, 0.4) is 0 Å². The zero-order chi connectivity index (χ0) is 16.9. The average molecular weight is 341 g/mol. The molecule has 0 radical (unpaired) electrons. The van der Waals surface area contributed by atoms with Crippen LogP contribution >= 0.6 is 11.6 Å². The van der Waals surface area contributed by atoms with E-state index in [0.29, 0.717) is 29.5 Å². The van der Waals surface area contributed by atoms with E-state index in [1.807, 2.05) is 55.5 Å². The number of hydrogen-bond donors (Lipinski definition) is 0. The Hall–Kier alpha value is -2.52. The van der Waals surface area contributed by atoms with Gasteiger partial charge in [0.25, 0.3) is 0 Å². The van der Waals surface area contributed by atoms with Crippen LogP contribution in [0.4, 0.5) is 0 Å². The van der Waals surface area contributed by atoms with Crippen LogP contribution in [-0.2, 0) is 0 Å². The number of halogens is 1. The highest BCUT2D eigenvalue weighted by Crippen LogP contribution is 2.26. The van der Waals surface area contributed by atoms with Gasteiger partial charge in [-0.3, -0.25) is 4.79 Å². The summed E-state index contributed by atoms with van der Waals surface area (Å²) in [5, 5.41) is 2.62. The molecule has 0 spiro atoms. The van der Waals surface area contributed by atoms with Crippen LogP contribution in [0.15, 0.2) is 54.6 Å². The van der Waals surface area contributed by atoms with Crippen molar-refractivity contribution < 1.29 is 14.3 Å². The summed E-state index contributed by atoms with van der Waals surface area (Å²) in [6.45, 7) is 2.66. The van der Waals surface area contributed by atoms with E-state index in [0.717, 1.165) is 28.4 Å². The summed E-state index contributed by atoms with van der Waals surface area (Å²) < 4.78 is 11.4. The van der Waals surface area contributed by atoms with E-state index < -0.39 is 0 Å². The quantitative estimate of drug-likeness (QED) is 0.464. The van der Waals surface area contributed by atoms with Crippen LogP contribution in [0.25, 0.3) is 10.8 Å². The van der Waals surface area contributed by atoms with Crippen LogP contribution < -0.4 is 9.47 Å². The van der Waals surface area contributed by atoms with Crippen molar-refractivity contribution in [1.82, 2.24) is 0 Å². The standard InChI is InChI=1S/C20H17ClO3/c1-14-12-16(7-8-19(14)21)23-10-11-24-20-9-6-15-4-2-3-5-17(15)18(20)13-22/h2-9,12-13H,10-11H2,1H3. The smallest absolute Gasteiger partial charge is 0.154 e. The van der Waals surface area contributed by atoms with Gasteiger partial charge in [-0.2, -0.15) is 0 Å². The minimum atomic E-state index is 0.348. The molecule has 0 saturated heterocycles. The summed E-state index contributed by atoms with van der Waals surface area (Å²) in [5.74, 6) is 1.31. The molecule has 3 rings (SSSR count). The van der Waals surface area contributed by atoms with E-state index in [2.05, 4.69) is 0 Å². The number of aldehydes is 1. The van der Waals surface area contributed by atoms with Gasteiger partial charge < -0.3 is 9.47 Å². The number of fused-ring (bicyclic) bond motifs is 1. The van der Waals surface area contributed by atoms with E-state index in [-0.39, 0.29) is 0 Å². The average Bonchev–Trinajstić information content (AvgIpc) is 2.61. The predicted octanol–water partition coefficient (Wildman–Crippen LogP) is 5.07. The fraction of sp³-hybridized carbons (Fsp3) is 0.150. The first-order chi connectivity index (χ1) is 11.7. The van der Waals surface area contributed by atoms with Crippen LogP contribution in [-0.4, -0.2) is 19.5 Å². The molecular weight excluding hydrogens is 324 g/mol. The Morgan fingerprint density at radius 1 is 1.00 bits per heavy atom. The van der Waals surface area contributed by atoms with Gasteiger partial charge in [-0.05, 0) is 47.5 Å². The normalized spacial score (nSPS) is 10.6. The highest BCUT2D eigenvalue weighted by atomic mass is 35.5. The van der Waals surface area contributed by atoms with E-state index in [1.54, 1.807) is 6.07 Å². The molecule has 0 unspecified atom stereocenters. The maximum Gasteiger partial charge on any atom is 0.154 e. The molecule has 0 aliphatic heterocycles. The van der Waals surface area contributed by atoms with Crippen LogP contribution in [0.1, 0.15) is 15.9 Å². The highest BCUT2D eigenvalue weighted by Gasteiger charge is 2.08. The van der Waals surface area contributed by atoms with E-state index >= 15 is 0 Å². The van der Waals surface area contributed by atoms with Crippen LogP contribution in [0, 0.1) is 6.92 Å². The van der Waals surface area contributed by atoms with Gasteiger partial charge in [-0.1, -0.05) is 41.9 Å². The number of benzene rings is 3. The number of hydrogen-bond acceptors (Lipinski definition) is 3. The molecule has 0 atom stereocenters. The molecule has 0 amide bonds. The van der Waals surface area contributed by atoms with Crippen molar-refractivity contribution in [2.75, 3.05) is 13.2 Å². The zero-order valence-electron chi connectivity index (χ0n) is 13.3. The van der Waals surface area contributed by atoms with Gasteiger partial charge in [-0.25, -0.2) is 0 Å². The fourth-order valence-electron chi connectivity index (χ4n) is 2.54. The fourth-order valence-corrected chi connectivity index (χ4v) is 2.66. The summed E-state index contributed by atoms with van der Waals surface area (Å²) in [4.78, 5) is 11.4. The number of aryl methyl sites for hydroxylation is 1. The third-order valence-corrected chi connectivity index (χ3v) is 4.21. The molecule has 122 valence electrons. The Kier molecular flexibility index (Phi) is 5.02. The summed E-state index contributed by atoms with van der Waals surface area (Å²) in [6, 6.07) is 17.0. The lowest BCUT2D eigenvalue weighted by atomic mass is 10.0. The predicted molar refractivity (Wildman–Crippen MR) is 96.5 cm³/mol. The van der Waals surface area contributed by atoms with Crippen molar-refractivity contribution in [3.05, 3.63) is 70.7 Å². The van der Waals surface area contributed by atoms with Crippen LogP contribution in [0.5, 0.6) is 11.5 Å². The first-order valence-corrected chi connectivity index (χ1v) is 8.05. The summed E-state index contributed by atoms with van der Waals surface area (Å²) in [7, 11) is 0. The summed E-state index contributed by atoms with van der Waals surface area (Å²) >= 11 is 5.99. The molecule has 0 fully saturated rings. The lowest BCUT2D eigenvalue weighted by Gasteiger charge is -2.12. The Labute approximate surface area is 145 Å².